The zero-order valence-electron chi connectivity index (χ0n) is 7.13. The molecule has 1 heterocycles. The first kappa shape index (κ1) is 8.93. The van der Waals surface area contributed by atoms with E-state index in [1.165, 1.54) is 0 Å². The topological polar surface area (TPSA) is 71.8 Å². The van der Waals surface area contributed by atoms with Crippen LogP contribution in [0.5, 0.6) is 0 Å². The number of aromatic nitrogens is 2. The number of carbonyl (C=O) groups excluding carboxylic acids is 1. The molecule has 4 nitrogen and oxygen atoms in total. The van der Waals surface area contributed by atoms with Gasteiger partial charge >= 0.3 is 0 Å². The lowest BCUT2D eigenvalue weighted by molar-refractivity contribution is 0.0975. The first-order valence-electron chi connectivity index (χ1n) is 3.99. The highest BCUT2D eigenvalue weighted by Crippen LogP contribution is 2.06. The maximum Gasteiger partial charge on any atom is 0.180 e. The highest BCUT2D eigenvalue weighted by molar-refractivity contribution is 5.95. The van der Waals surface area contributed by atoms with Gasteiger partial charge in [-0.25, -0.2) is 0 Å². The molecule has 1 aromatic rings. The summed E-state index contributed by atoms with van der Waals surface area (Å²) in [4.78, 5) is 11.4. The van der Waals surface area contributed by atoms with E-state index in [9.17, 15) is 4.79 Å². The number of nitrogens with two attached hydrogens (primary N) is 1. The summed E-state index contributed by atoms with van der Waals surface area (Å²) in [7, 11) is 0. The maximum absolute atomic E-state index is 11.4. The number of aromatic amines is 1. The Labute approximate surface area is 71.2 Å². The van der Waals surface area contributed by atoms with Crippen LogP contribution < -0.4 is 5.73 Å². The molecule has 0 radical (unpaired) electrons. The summed E-state index contributed by atoms with van der Waals surface area (Å²) in [5.41, 5.74) is 6.80. The Morgan fingerprint density at radius 2 is 2.50 bits per heavy atom. The molecule has 4 heteroatoms. The standard InChI is InChI=1S/C8H13N3O/c1-6-5-10-11-8(6)7(12)3-2-4-9/h5H,2-4,9H2,1H3,(H,10,11). The number of aryl methyl sites for hydroxylation is 1. The molecule has 1 rings (SSSR count). The molecule has 0 amide bonds. The zero-order valence-corrected chi connectivity index (χ0v) is 7.13. The molecule has 0 aromatic carbocycles. The van der Waals surface area contributed by atoms with Crippen LogP contribution in [0.4, 0.5) is 0 Å². The molecule has 0 spiro atoms. The van der Waals surface area contributed by atoms with Crippen molar-refractivity contribution in [2.24, 2.45) is 5.73 Å². The second-order valence-corrected chi connectivity index (χ2v) is 2.74. The number of ketones is 1. The molecular formula is C8H13N3O. The predicted octanol–water partition coefficient (Wildman–Crippen LogP) is 0.640. The fourth-order valence-electron chi connectivity index (χ4n) is 1.02. The van der Waals surface area contributed by atoms with Gasteiger partial charge in [-0.05, 0) is 25.5 Å². The fraction of sp³-hybridized carbons (Fsp3) is 0.500. The van der Waals surface area contributed by atoms with Crippen molar-refractivity contribution in [3.05, 3.63) is 17.5 Å². The highest BCUT2D eigenvalue weighted by Gasteiger charge is 2.09. The second-order valence-electron chi connectivity index (χ2n) is 2.74. The first-order chi connectivity index (χ1) is 5.75. The Balaban J connectivity index is 2.59. The minimum absolute atomic E-state index is 0.0930. The monoisotopic (exact) mass is 167 g/mol. The SMILES string of the molecule is Cc1cn[nH]c1C(=O)CCCN. The number of nitrogens with zero attached hydrogens (tertiary/aromatic N) is 1. The molecule has 3 N–H and O–H groups in total. The van der Waals surface area contributed by atoms with E-state index in [0.717, 1.165) is 12.0 Å². The smallest absolute Gasteiger partial charge is 0.180 e. The number of hydrogen-bond acceptors (Lipinski definition) is 3. The van der Waals surface area contributed by atoms with Crippen LogP contribution in [-0.4, -0.2) is 22.5 Å². The number of nitrogens with one attached hydrogen (secondary N) is 1. The highest BCUT2D eigenvalue weighted by atomic mass is 16.1. The van der Waals surface area contributed by atoms with Crippen LogP contribution in [0.25, 0.3) is 0 Å². The zero-order chi connectivity index (χ0) is 8.97. The summed E-state index contributed by atoms with van der Waals surface area (Å²) in [6.45, 7) is 2.41. The van der Waals surface area contributed by atoms with Crippen LogP contribution in [0.3, 0.4) is 0 Å². The molecule has 12 heavy (non-hydrogen) atoms. The third-order valence-electron chi connectivity index (χ3n) is 1.72. The van der Waals surface area contributed by atoms with E-state index in [-0.39, 0.29) is 5.78 Å². The number of carbonyl (C=O) groups is 1. The van der Waals surface area contributed by atoms with Gasteiger partial charge in [0.25, 0.3) is 0 Å². The van der Waals surface area contributed by atoms with Crippen molar-refractivity contribution in [1.29, 1.82) is 0 Å². The summed E-state index contributed by atoms with van der Waals surface area (Å²) >= 11 is 0. The van der Waals surface area contributed by atoms with Crippen LogP contribution in [0, 0.1) is 6.92 Å². The summed E-state index contributed by atoms with van der Waals surface area (Å²) in [5, 5.41) is 6.45. The lowest BCUT2D eigenvalue weighted by Gasteiger charge is -1.96. The molecule has 0 aliphatic heterocycles. The van der Waals surface area contributed by atoms with Gasteiger partial charge < -0.3 is 5.73 Å². The third-order valence-corrected chi connectivity index (χ3v) is 1.72. The van der Waals surface area contributed by atoms with Crippen molar-refractivity contribution >= 4 is 5.78 Å². The Morgan fingerprint density at radius 3 is 3.00 bits per heavy atom. The molecule has 0 saturated heterocycles. The van der Waals surface area contributed by atoms with E-state index in [1.807, 2.05) is 6.92 Å². The van der Waals surface area contributed by atoms with E-state index >= 15 is 0 Å². The Bertz CT molecular complexity index is 267. The average Bonchev–Trinajstić information content (AvgIpc) is 2.47. The van der Waals surface area contributed by atoms with E-state index in [2.05, 4.69) is 10.2 Å². The van der Waals surface area contributed by atoms with Crippen molar-refractivity contribution in [2.75, 3.05) is 6.54 Å². The van der Waals surface area contributed by atoms with Gasteiger partial charge in [0.2, 0.25) is 0 Å². The first-order valence-corrected chi connectivity index (χ1v) is 3.99. The van der Waals surface area contributed by atoms with E-state index in [4.69, 9.17) is 5.73 Å². The lowest BCUT2D eigenvalue weighted by atomic mass is 10.1. The number of rotatable bonds is 4. The van der Waals surface area contributed by atoms with Crippen molar-refractivity contribution in [2.45, 2.75) is 19.8 Å². The van der Waals surface area contributed by atoms with Crippen LogP contribution >= 0.6 is 0 Å². The molecule has 0 fully saturated rings. The lowest BCUT2D eigenvalue weighted by Crippen LogP contribution is -2.06. The normalized spacial score (nSPS) is 10.2. The van der Waals surface area contributed by atoms with Crippen molar-refractivity contribution in [1.82, 2.24) is 10.2 Å². The Hall–Kier alpha value is -1.16. The van der Waals surface area contributed by atoms with Crippen molar-refractivity contribution in [3.8, 4) is 0 Å². The summed E-state index contributed by atoms with van der Waals surface area (Å²) in [6.07, 6.45) is 2.88. The minimum atomic E-state index is 0.0930. The minimum Gasteiger partial charge on any atom is -0.330 e. The second kappa shape index (κ2) is 4.01. The predicted molar refractivity (Wildman–Crippen MR) is 45.9 cm³/mol. The van der Waals surface area contributed by atoms with Crippen molar-refractivity contribution < 1.29 is 4.79 Å². The van der Waals surface area contributed by atoms with Gasteiger partial charge in [0.15, 0.2) is 5.78 Å². The number of hydrogen-bond donors (Lipinski definition) is 2. The molecule has 0 atom stereocenters. The molecule has 66 valence electrons. The summed E-state index contributed by atoms with van der Waals surface area (Å²) < 4.78 is 0. The van der Waals surface area contributed by atoms with Gasteiger partial charge in [0.05, 0.1) is 6.20 Å². The largest absolute Gasteiger partial charge is 0.330 e. The molecular weight excluding hydrogens is 154 g/mol. The third kappa shape index (κ3) is 1.92. The molecule has 0 aliphatic rings. The molecule has 1 aromatic heterocycles. The molecule has 0 bridgehead atoms. The van der Waals surface area contributed by atoms with Gasteiger partial charge in [-0.3, -0.25) is 9.89 Å². The molecule has 0 aliphatic carbocycles. The van der Waals surface area contributed by atoms with Gasteiger partial charge in [-0.15, -0.1) is 0 Å². The quantitative estimate of drug-likeness (QED) is 0.646. The van der Waals surface area contributed by atoms with Crippen molar-refractivity contribution in [3.63, 3.8) is 0 Å². The van der Waals surface area contributed by atoms with Gasteiger partial charge in [-0.1, -0.05) is 0 Å². The van der Waals surface area contributed by atoms with Crippen LogP contribution in [-0.2, 0) is 0 Å². The van der Waals surface area contributed by atoms with Crippen LogP contribution in [0.15, 0.2) is 6.20 Å². The Morgan fingerprint density at radius 1 is 1.75 bits per heavy atom. The summed E-state index contributed by atoms with van der Waals surface area (Å²) in [6, 6.07) is 0. The molecule has 0 unspecified atom stereocenters. The van der Waals surface area contributed by atoms with E-state index < -0.39 is 0 Å². The van der Waals surface area contributed by atoms with Crippen LogP contribution in [0.2, 0.25) is 0 Å². The van der Waals surface area contributed by atoms with Gasteiger partial charge in [-0.2, -0.15) is 5.10 Å². The van der Waals surface area contributed by atoms with E-state index in [0.29, 0.717) is 18.7 Å². The van der Waals surface area contributed by atoms with Gasteiger partial charge in [0.1, 0.15) is 5.69 Å². The maximum atomic E-state index is 11.4. The average molecular weight is 167 g/mol. The fourth-order valence-corrected chi connectivity index (χ4v) is 1.02. The molecule has 0 saturated carbocycles. The summed E-state index contributed by atoms with van der Waals surface area (Å²) in [5.74, 6) is 0.0930. The van der Waals surface area contributed by atoms with Gasteiger partial charge in [0, 0.05) is 6.42 Å². The van der Waals surface area contributed by atoms with E-state index in [1.54, 1.807) is 6.20 Å². The number of Topliss-reactive ketones (excluding diaryl/α,β-unsaturated/α-hetero) is 1. The Kier molecular flexibility index (Phi) is 2.99. The van der Waals surface area contributed by atoms with Crippen LogP contribution in [0.1, 0.15) is 28.9 Å². The number of H-pyrrole nitrogens is 1.